The summed E-state index contributed by atoms with van der Waals surface area (Å²) in [5, 5.41) is 0. The Kier molecular flexibility index (Phi) is 4.77. The zero-order valence-corrected chi connectivity index (χ0v) is 13.6. The van der Waals surface area contributed by atoms with E-state index in [4.69, 9.17) is 4.74 Å². The molecule has 0 saturated heterocycles. The first-order chi connectivity index (χ1) is 10.7. The summed E-state index contributed by atoms with van der Waals surface area (Å²) in [5.74, 6) is 2.34. The number of hydrogen-bond donors (Lipinski definition) is 0. The summed E-state index contributed by atoms with van der Waals surface area (Å²) >= 11 is 0. The monoisotopic (exact) mass is 295 g/mol. The molecule has 0 N–H and O–H groups in total. The maximum absolute atomic E-state index is 5.88. The fraction of sp³-hybridized carbons (Fsp3) is 0.450. The maximum Gasteiger partial charge on any atom is 0.213 e. The van der Waals surface area contributed by atoms with E-state index in [9.17, 15) is 0 Å². The highest BCUT2D eigenvalue weighted by atomic mass is 16.5. The normalized spacial score (nSPS) is 21.5. The van der Waals surface area contributed by atoms with Gasteiger partial charge in [0.15, 0.2) is 0 Å². The fourth-order valence-corrected chi connectivity index (χ4v) is 3.08. The number of hydrogen-bond acceptors (Lipinski definition) is 2. The highest BCUT2D eigenvalue weighted by molar-refractivity contribution is 5.62. The van der Waals surface area contributed by atoms with Gasteiger partial charge in [0.25, 0.3) is 0 Å². The van der Waals surface area contributed by atoms with Gasteiger partial charge in [0.05, 0.1) is 6.61 Å². The number of aromatic nitrogens is 1. The lowest BCUT2D eigenvalue weighted by Gasteiger charge is -2.25. The van der Waals surface area contributed by atoms with Gasteiger partial charge in [-0.15, -0.1) is 0 Å². The van der Waals surface area contributed by atoms with Crippen LogP contribution in [0.3, 0.4) is 0 Å². The molecule has 0 amide bonds. The molecule has 1 aliphatic rings. The predicted molar refractivity (Wildman–Crippen MR) is 91.0 cm³/mol. The summed E-state index contributed by atoms with van der Waals surface area (Å²) in [4.78, 5) is 4.45. The summed E-state index contributed by atoms with van der Waals surface area (Å²) in [6, 6.07) is 12.6. The summed E-state index contributed by atoms with van der Waals surface area (Å²) in [7, 11) is 0. The Balaban J connectivity index is 1.56. The molecule has 0 spiro atoms. The van der Waals surface area contributed by atoms with Crippen LogP contribution in [0.15, 0.2) is 42.6 Å². The van der Waals surface area contributed by atoms with Crippen LogP contribution in [0.25, 0.3) is 11.1 Å². The molecule has 0 bridgehead atoms. The van der Waals surface area contributed by atoms with E-state index in [2.05, 4.69) is 49.2 Å². The second-order valence-electron chi connectivity index (χ2n) is 6.69. The molecule has 1 aliphatic carbocycles. The third kappa shape index (κ3) is 3.88. The van der Waals surface area contributed by atoms with Gasteiger partial charge in [-0.2, -0.15) is 0 Å². The summed E-state index contributed by atoms with van der Waals surface area (Å²) in [5.41, 5.74) is 3.61. The van der Waals surface area contributed by atoms with E-state index < -0.39 is 0 Å². The van der Waals surface area contributed by atoms with Crippen LogP contribution in [-0.4, -0.2) is 11.6 Å². The third-order valence-corrected chi connectivity index (χ3v) is 4.72. The largest absolute Gasteiger partial charge is 0.477 e. The molecule has 2 aromatic rings. The molecular weight excluding hydrogens is 270 g/mol. The Hall–Kier alpha value is -1.83. The van der Waals surface area contributed by atoms with Gasteiger partial charge in [0.1, 0.15) is 0 Å². The molecule has 22 heavy (non-hydrogen) atoms. The molecule has 1 saturated carbocycles. The summed E-state index contributed by atoms with van der Waals surface area (Å²) in [6.07, 6.45) is 7.18. The number of ether oxygens (including phenoxy) is 1. The van der Waals surface area contributed by atoms with Crippen molar-refractivity contribution >= 4 is 0 Å². The van der Waals surface area contributed by atoms with Crippen LogP contribution < -0.4 is 4.74 Å². The minimum absolute atomic E-state index is 0.703. The van der Waals surface area contributed by atoms with Crippen LogP contribution >= 0.6 is 0 Å². The topological polar surface area (TPSA) is 22.1 Å². The third-order valence-electron chi connectivity index (χ3n) is 4.72. The van der Waals surface area contributed by atoms with Gasteiger partial charge in [-0.1, -0.05) is 49.6 Å². The molecule has 1 aromatic heterocycles. The van der Waals surface area contributed by atoms with E-state index in [1.165, 1.54) is 36.8 Å². The predicted octanol–water partition coefficient (Wildman–Crippen LogP) is 5.26. The second kappa shape index (κ2) is 6.95. The van der Waals surface area contributed by atoms with Gasteiger partial charge in [0.2, 0.25) is 5.88 Å². The first-order valence-corrected chi connectivity index (χ1v) is 8.36. The SMILES string of the molecule is Cc1ccc(-c2ccc(OCC3CCC(C)CC3)nc2)cc1. The van der Waals surface area contributed by atoms with Crippen LogP contribution in [0.4, 0.5) is 0 Å². The van der Waals surface area contributed by atoms with Gasteiger partial charge < -0.3 is 4.74 Å². The maximum atomic E-state index is 5.88. The van der Waals surface area contributed by atoms with E-state index >= 15 is 0 Å². The van der Waals surface area contributed by atoms with Crippen LogP contribution in [0.2, 0.25) is 0 Å². The van der Waals surface area contributed by atoms with Gasteiger partial charge in [-0.25, -0.2) is 4.98 Å². The van der Waals surface area contributed by atoms with Gasteiger partial charge in [-0.05, 0) is 43.2 Å². The average Bonchev–Trinajstić information content (AvgIpc) is 2.56. The van der Waals surface area contributed by atoms with Gasteiger partial charge in [0, 0.05) is 17.8 Å². The van der Waals surface area contributed by atoms with E-state index in [-0.39, 0.29) is 0 Å². The molecule has 1 fully saturated rings. The van der Waals surface area contributed by atoms with Gasteiger partial charge in [-0.3, -0.25) is 0 Å². The second-order valence-corrected chi connectivity index (χ2v) is 6.69. The van der Waals surface area contributed by atoms with Crippen LogP contribution in [0.5, 0.6) is 5.88 Å². The van der Waals surface area contributed by atoms with Crippen molar-refractivity contribution in [2.75, 3.05) is 6.61 Å². The Labute approximate surface area is 133 Å². The molecule has 116 valence electrons. The fourth-order valence-electron chi connectivity index (χ4n) is 3.08. The highest BCUT2D eigenvalue weighted by Crippen LogP contribution is 2.28. The number of aryl methyl sites for hydroxylation is 1. The van der Waals surface area contributed by atoms with Crippen molar-refractivity contribution in [1.82, 2.24) is 4.98 Å². The zero-order chi connectivity index (χ0) is 15.4. The molecule has 0 atom stereocenters. The first-order valence-electron chi connectivity index (χ1n) is 8.36. The lowest BCUT2D eigenvalue weighted by Crippen LogP contribution is -2.19. The van der Waals surface area contributed by atoms with Crippen molar-refractivity contribution in [3.63, 3.8) is 0 Å². The number of nitrogens with zero attached hydrogens (tertiary/aromatic N) is 1. The zero-order valence-electron chi connectivity index (χ0n) is 13.6. The molecule has 0 aliphatic heterocycles. The van der Waals surface area contributed by atoms with Crippen molar-refractivity contribution in [2.24, 2.45) is 11.8 Å². The smallest absolute Gasteiger partial charge is 0.213 e. The molecule has 0 unspecified atom stereocenters. The lowest BCUT2D eigenvalue weighted by molar-refractivity contribution is 0.183. The Bertz CT molecular complexity index is 580. The lowest BCUT2D eigenvalue weighted by atomic mass is 9.83. The van der Waals surface area contributed by atoms with Crippen molar-refractivity contribution in [3.8, 4) is 17.0 Å². The number of pyridine rings is 1. The molecule has 0 radical (unpaired) electrons. The van der Waals surface area contributed by atoms with E-state index in [0.717, 1.165) is 24.0 Å². The average molecular weight is 295 g/mol. The van der Waals surface area contributed by atoms with Gasteiger partial charge >= 0.3 is 0 Å². The minimum atomic E-state index is 0.703. The van der Waals surface area contributed by atoms with Crippen molar-refractivity contribution < 1.29 is 4.74 Å². The first kappa shape index (κ1) is 15.1. The quantitative estimate of drug-likeness (QED) is 0.767. The number of rotatable bonds is 4. The molecule has 1 heterocycles. The van der Waals surface area contributed by atoms with E-state index in [0.29, 0.717) is 5.92 Å². The van der Waals surface area contributed by atoms with Crippen LogP contribution in [0, 0.1) is 18.8 Å². The Morgan fingerprint density at radius 2 is 1.64 bits per heavy atom. The van der Waals surface area contributed by atoms with Crippen molar-refractivity contribution in [1.29, 1.82) is 0 Å². The summed E-state index contributed by atoms with van der Waals surface area (Å²) < 4.78 is 5.88. The van der Waals surface area contributed by atoms with Crippen molar-refractivity contribution in [2.45, 2.75) is 39.5 Å². The number of benzene rings is 1. The Morgan fingerprint density at radius 3 is 2.27 bits per heavy atom. The van der Waals surface area contributed by atoms with E-state index in [1.54, 1.807) is 0 Å². The molecule has 2 heteroatoms. The minimum Gasteiger partial charge on any atom is -0.477 e. The van der Waals surface area contributed by atoms with Crippen LogP contribution in [-0.2, 0) is 0 Å². The van der Waals surface area contributed by atoms with Crippen LogP contribution in [0.1, 0.15) is 38.2 Å². The molecule has 1 aromatic carbocycles. The Morgan fingerprint density at radius 1 is 0.955 bits per heavy atom. The molecule has 2 nitrogen and oxygen atoms in total. The summed E-state index contributed by atoms with van der Waals surface area (Å²) in [6.45, 7) is 5.26. The molecular formula is C20H25NO. The highest BCUT2D eigenvalue weighted by Gasteiger charge is 2.18. The molecule has 3 rings (SSSR count). The van der Waals surface area contributed by atoms with E-state index in [1.807, 2.05) is 12.3 Å². The van der Waals surface area contributed by atoms with Crippen molar-refractivity contribution in [3.05, 3.63) is 48.2 Å². The standard InChI is InChI=1S/C20H25NO/c1-15-3-7-17(8-4-15)14-22-20-12-11-19(13-21-20)18-9-5-16(2)6-10-18/h5-6,9-13,15,17H,3-4,7-8,14H2,1-2H3.